The van der Waals surface area contributed by atoms with Crippen LogP contribution in [0.3, 0.4) is 0 Å². The van der Waals surface area contributed by atoms with E-state index in [0.29, 0.717) is 0 Å². The Morgan fingerprint density at radius 1 is 0.783 bits per heavy atom. The number of hydrogen-bond donors (Lipinski definition) is 2. The van der Waals surface area contributed by atoms with Crippen molar-refractivity contribution in [2.45, 2.75) is 34.1 Å². The highest BCUT2D eigenvalue weighted by molar-refractivity contribution is 6.08. The molecule has 0 fully saturated rings. The summed E-state index contributed by atoms with van der Waals surface area (Å²) in [6.45, 7) is 7.79. The van der Waals surface area contributed by atoms with Crippen molar-refractivity contribution < 1.29 is 9.59 Å². The van der Waals surface area contributed by atoms with Crippen molar-refractivity contribution in [1.29, 1.82) is 0 Å². The van der Waals surface area contributed by atoms with Crippen molar-refractivity contribution in [1.82, 2.24) is 0 Å². The first kappa shape index (κ1) is 16.7. The van der Waals surface area contributed by atoms with E-state index >= 15 is 0 Å². The van der Waals surface area contributed by atoms with E-state index in [0.717, 1.165) is 33.6 Å². The average Bonchev–Trinajstić information content (AvgIpc) is 2.48. The summed E-state index contributed by atoms with van der Waals surface area (Å²) >= 11 is 0. The van der Waals surface area contributed by atoms with Gasteiger partial charge in [-0.3, -0.25) is 9.59 Å². The Labute approximate surface area is 136 Å². The molecule has 0 spiro atoms. The van der Waals surface area contributed by atoms with E-state index < -0.39 is 0 Å². The molecule has 4 nitrogen and oxygen atoms in total. The molecule has 2 aromatic carbocycles. The first-order valence-corrected chi connectivity index (χ1v) is 7.60. The maximum Gasteiger partial charge on any atom is 0.233 e. The van der Waals surface area contributed by atoms with Crippen LogP contribution in [0.4, 0.5) is 11.4 Å². The van der Waals surface area contributed by atoms with Gasteiger partial charge in [-0.05, 0) is 56.0 Å². The summed E-state index contributed by atoms with van der Waals surface area (Å²) in [5.74, 6) is -0.632. The summed E-state index contributed by atoms with van der Waals surface area (Å²) in [5, 5.41) is 5.62. The Balaban J connectivity index is 2.00. The molecule has 0 aliphatic rings. The lowest BCUT2D eigenvalue weighted by atomic mass is 10.1. The lowest BCUT2D eigenvalue weighted by Crippen LogP contribution is -2.22. The van der Waals surface area contributed by atoms with Crippen molar-refractivity contribution in [3.63, 3.8) is 0 Å². The van der Waals surface area contributed by atoms with Gasteiger partial charge < -0.3 is 10.6 Å². The molecule has 2 N–H and O–H groups in total. The van der Waals surface area contributed by atoms with Crippen molar-refractivity contribution in [2.24, 2.45) is 0 Å². The molecule has 0 aliphatic carbocycles. The second-order valence-electron chi connectivity index (χ2n) is 5.79. The number of para-hydroxylation sites is 1. The van der Waals surface area contributed by atoms with E-state index in [9.17, 15) is 9.59 Å². The molecule has 0 atom stereocenters. The van der Waals surface area contributed by atoms with Crippen LogP contribution in [-0.2, 0) is 9.59 Å². The minimum atomic E-state index is -0.317. The topological polar surface area (TPSA) is 58.2 Å². The molecule has 23 heavy (non-hydrogen) atoms. The third-order valence-electron chi connectivity index (χ3n) is 3.95. The van der Waals surface area contributed by atoms with Gasteiger partial charge >= 0.3 is 0 Å². The second kappa shape index (κ2) is 7.09. The van der Waals surface area contributed by atoms with E-state index in [-0.39, 0.29) is 18.2 Å². The first-order chi connectivity index (χ1) is 10.9. The van der Waals surface area contributed by atoms with Crippen molar-refractivity contribution >= 4 is 23.2 Å². The Bertz CT molecular complexity index is 731. The lowest BCUT2D eigenvalue weighted by molar-refractivity contribution is -0.123. The van der Waals surface area contributed by atoms with Gasteiger partial charge in [0.1, 0.15) is 6.42 Å². The molecular weight excluding hydrogens is 288 g/mol. The molecule has 0 aliphatic heterocycles. The normalized spacial score (nSPS) is 10.3. The molecule has 0 unspecified atom stereocenters. The van der Waals surface area contributed by atoms with Crippen LogP contribution in [0.25, 0.3) is 0 Å². The van der Waals surface area contributed by atoms with Crippen LogP contribution in [0.2, 0.25) is 0 Å². The van der Waals surface area contributed by atoms with E-state index in [1.807, 2.05) is 64.1 Å². The van der Waals surface area contributed by atoms with Crippen LogP contribution >= 0.6 is 0 Å². The van der Waals surface area contributed by atoms with Gasteiger partial charge in [-0.25, -0.2) is 0 Å². The highest BCUT2D eigenvalue weighted by Crippen LogP contribution is 2.20. The van der Waals surface area contributed by atoms with Gasteiger partial charge in [0.15, 0.2) is 0 Å². The van der Waals surface area contributed by atoms with Crippen molar-refractivity contribution in [3.8, 4) is 0 Å². The number of hydrogen-bond acceptors (Lipinski definition) is 2. The zero-order chi connectivity index (χ0) is 17.0. The Hall–Kier alpha value is -2.62. The summed E-state index contributed by atoms with van der Waals surface area (Å²) in [6, 6.07) is 11.5. The van der Waals surface area contributed by atoms with Crippen LogP contribution in [0.1, 0.15) is 28.7 Å². The van der Waals surface area contributed by atoms with Gasteiger partial charge in [-0.2, -0.15) is 0 Å². The van der Waals surface area contributed by atoms with Crippen molar-refractivity contribution in [3.05, 3.63) is 58.7 Å². The monoisotopic (exact) mass is 310 g/mol. The van der Waals surface area contributed by atoms with Crippen molar-refractivity contribution in [2.75, 3.05) is 10.6 Å². The largest absolute Gasteiger partial charge is 0.325 e. The molecule has 0 heterocycles. The molecule has 0 aromatic heterocycles. The van der Waals surface area contributed by atoms with E-state index in [4.69, 9.17) is 0 Å². The molecule has 120 valence electrons. The predicted octanol–water partition coefficient (Wildman–Crippen LogP) is 3.89. The van der Waals surface area contributed by atoms with E-state index in [1.54, 1.807) is 0 Å². The molecule has 0 saturated carbocycles. The van der Waals surface area contributed by atoms with Crippen LogP contribution < -0.4 is 10.6 Å². The average molecular weight is 310 g/mol. The maximum absolute atomic E-state index is 12.1. The molecule has 0 radical (unpaired) electrons. The van der Waals surface area contributed by atoms with Gasteiger partial charge in [0.05, 0.1) is 0 Å². The standard InChI is InChI=1S/C19H22N2O2/c1-12-7-6-10-16(15(12)4)20-17(22)11-18(23)21-19-13(2)8-5-9-14(19)3/h5-10H,11H2,1-4H3,(H,20,22)(H,21,23). The SMILES string of the molecule is Cc1cccc(NC(=O)CC(=O)Nc2c(C)cccc2C)c1C. The molecule has 0 bridgehead atoms. The number of rotatable bonds is 4. The fraction of sp³-hybridized carbons (Fsp3) is 0.263. The van der Waals surface area contributed by atoms with E-state index in [1.165, 1.54) is 0 Å². The minimum absolute atomic E-state index is 0.207. The van der Waals surface area contributed by atoms with Crippen LogP contribution in [0, 0.1) is 27.7 Å². The summed E-state index contributed by atoms with van der Waals surface area (Å²) in [5.41, 5.74) is 5.59. The Kier molecular flexibility index (Phi) is 5.16. The fourth-order valence-electron chi connectivity index (χ4n) is 2.42. The fourth-order valence-corrected chi connectivity index (χ4v) is 2.42. The lowest BCUT2D eigenvalue weighted by Gasteiger charge is -2.12. The second-order valence-corrected chi connectivity index (χ2v) is 5.79. The summed E-state index contributed by atoms with van der Waals surface area (Å²) in [7, 11) is 0. The number of aryl methyl sites for hydroxylation is 3. The molecule has 0 saturated heterocycles. The summed E-state index contributed by atoms with van der Waals surface area (Å²) in [4.78, 5) is 24.2. The van der Waals surface area contributed by atoms with Gasteiger partial charge in [-0.15, -0.1) is 0 Å². The smallest absolute Gasteiger partial charge is 0.233 e. The van der Waals surface area contributed by atoms with Crippen LogP contribution in [-0.4, -0.2) is 11.8 Å². The zero-order valence-electron chi connectivity index (χ0n) is 14.0. The summed E-state index contributed by atoms with van der Waals surface area (Å²) < 4.78 is 0. The molecule has 2 amide bonds. The highest BCUT2D eigenvalue weighted by Gasteiger charge is 2.13. The molecule has 2 rings (SSSR count). The zero-order valence-corrected chi connectivity index (χ0v) is 14.0. The van der Waals surface area contributed by atoms with Gasteiger partial charge in [0.2, 0.25) is 11.8 Å². The number of carbonyl (C=O) groups excluding carboxylic acids is 2. The quantitative estimate of drug-likeness (QED) is 0.842. The van der Waals surface area contributed by atoms with Gasteiger partial charge in [0, 0.05) is 11.4 Å². The van der Waals surface area contributed by atoms with E-state index in [2.05, 4.69) is 10.6 Å². The number of amides is 2. The number of nitrogens with one attached hydrogen (secondary N) is 2. The van der Waals surface area contributed by atoms with Gasteiger partial charge in [0.25, 0.3) is 0 Å². The predicted molar refractivity (Wildman–Crippen MR) is 93.7 cm³/mol. The third-order valence-corrected chi connectivity index (χ3v) is 3.95. The Morgan fingerprint density at radius 2 is 1.30 bits per heavy atom. The third kappa shape index (κ3) is 4.19. The molecular formula is C19H22N2O2. The Morgan fingerprint density at radius 3 is 1.96 bits per heavy atom. The molecule has 4 heteroatoms. The first-order valence-electron chi connectivity index (χ1n) is 7.60. The molecule has 2 aromatic rings. The number of anilines is 2. The number of benzene rings is 2. The highest BCUT2D eigenvalue weighted by atomic mass is 16.2. The maximum atomic E-state index is 12.1. The summed E-state index contributed by atoms with van der Waals surface area (Å²) in [6.07, 6.45) is -0.207. The van der Waals surface area contributed by atoms with Gasteiger partial charge in [-0.1, -0.05) is 30.3 Å². The number of carbonyl (C=O) groups is 2. The van der Waals surface area contributed by atoms with Crippen LogP contribution in [0.5, 0.6) is 0 Å². The minimum Gasteiger partial charge on any atom is -0.325 e. The van der Waals surface area contributed by atoms with Crippen LogP contribution in [0.15, 0.2) is 36.4 Å².